The average Bonchev–Trinajstić information content (AvgIpc) is 2.82. The minimum Gasteiger partial charge on any atom is -0.493 e. The predicted molar refractivity (Wildman–Crippen MR) is 68.4 cm³/mol. The molecule has 1 aromatic rings. The summed E-state index contributed by atoms with van der Waals surface area (Å²) in [5, 5.41) is 9.55. The van der Waals surface area contributed by atoms with E-state index in [-0.39, 0.29) is 5.75 Å². The fourth-order valence-corrected chi connectivity index (χ4v) is 3.42. The van der Waals surface area contributed by atoms with Crippen molar-refractivity contribution in [2.75, 3.05) is 7.11 Å². The van der Waals surface area contributed by atoms with Gasteiger partial charge >= 0.3 is 5.97 Å². The number of carbonyl (C=O) groups is 1. The molecule has 0 spiro atoms. The Hall–Kier alpha value is -1.10. The molecule has 0 heterocycles. The lowest BCUT2D eigenvalue weighted by Gasteiger charge is -2.27. The Kier molecular flexibility index (Phi) is 3.61. The molecule has 1 saturated carbocycles. The van der Waals surface area contributed by atoms with Crippen molar-refractivity contribution in [3.8, 4) is 5.75 Å². The second kappa shape index (κ2) is 4.88. The Balaban J connectivity index is 2.68. The Labute approximate surface area is 113 Å². The molecule has 1 fully saturated rings. The highest BCUT2D eigenvalue weighted by Crippen LogP contribution is 2.48. The van der Waals surface area contributed by atoms with Crippen LogP contribution in [-0.4, -0.2) is 18.2 Å². The molecule has 98 valence electrons. The molecule has 0 radical (unpaired) electrons. The second-order valence-electron chi connectivity index (χ2n) is 4.53. The summed E-state index contributed by atoms with van der Waals surface area (Å²) in [7, 11) is 1.36. The normalized spacial score (nSPS) is 17.7. The number of hydrogen-bond acceptors (Lipinski definition) is 2. The van der Waals surface area contributed by atoms with E-state index in [2.05, 4.69) is 15.9 Å². The number of carboxylic acid groups (broad SMARTS) is 1. The highest BCUT2D eigenvalue weighted by molar-refractivity contribution is 9.10. The van der Waals surface area contributed by atoms with Crippen LogP contribution in [0.15, 0.2) is 16.6 Å². The number of methoxy groups -OCH3 is 1. The number of hydrogen-bond donors (Lipinski definition) is 1. The molecule has 1 aromatic carbocycles. The standard InChI is InChI=1S/C13H14BrFO3/c1-18-11-9(15)5-4-8(14)10(11)13(12(16)17)6-2-3-7-13/h4-5H,2-3,6-7H2,1H3,(H,16,17). The molecule has 0 aliphatic heterocycles. The molecular formula is C13H14BrFO3. The zero-order valence-electron chi connectivity index (χ0n) is 10.0. The van der Waals surface area contributed by atoms with E-state index in [1.54, 1.807) is 0 Å². The molecule has 1 N–H and O–H groups in total. The third kappa shape index (κ3) is 1.90. The molecule has 3 nitrogen and oxygen atoms in total. The van der Waals surface area contributed by atoms with Crippen LogP contribution in [-0.2, 0) is 10.2 Å². The SMILES string of the molecule is COc1c(F)ccc(Br)c1C1(C(=O)O)CCCC1. The van der Waals surface area contributed by atoms with Gasteiger partial charge in [-0.15, -0.1) is 0 Å². The minimum absolute atomic E-state index is 0.0358. The quantitative estimate of drug-likeness (QED) is 0.928. The van der Waals surface area contributed by atoms with Crippen molar-refractivity contribution >= 4 is 21.9 Å². The number of aliphatic carboxylic acids is 1. The van der Waals surface area contributed by atoms with Gasteiger partial charge in [-0.25, -0.2) is 4.39 Å². The van der Waals surface area contributed by atoms with Gasteiger partial charge in [-0.2, -0.15) is 0 Å². The van der Waals surface area contributed by atoms with Crippen molar-refractivity contribution in [1.29, 1.82) is 0 Å². The molecule has 2 rings (SSSR count). The zero-order valence-corrected chi connectivity index (χ0v) is 11.6. The molecule has 0 aromatic heterocycles. The molecule has 18 heavy (non-hydrogen) atoms. The van der Waals surface area contributed by atoms with Crippen molar-refractivity contribution in [3.05, 3.63) is 28.0 Å². The van der Waals surface area contributed by atoms with Crippen LogP contribution in [0.2, 0.25) is 0 Å². The lowest BCUT2D eigenvalue weighted by atomic mass is 9.78. The number of halogens is 2. The topological polar surface area (TPSA) is 46.5 Å². The first kappa shape index (κ1) is 13.3. The van der Waals surface area contributed by atoms with Crippen LogP contribution in [0, 0.1) is 5.82 Å². The molecule has 1 aliphatic rings. The van der Waals surface area contributed by atoms with Crippen molar-refractivity contribution in [2.45, 2.75) is 31.1 Å². The van der Waals surface area contributed by atoms with Crippen molar-refractivity contribution in [3.63, 3.8) is 0 Å². The molecule has 1 aliphatic carbocycles. The maximum atomic E-state index is 13.8. The highest BCUT2D eigenvalue weighted by Gasteiger charge is 2.46. The molecule has 5 heteroatoms. The summed E-state index contributed by atoms with van der Waals surface area (Å²) in [6, 6.07) is 2.81. The van der Waals surface area contributed by atoms with Crippen molar-refractivity contribution in [1.82, 2.24) is 0 Å². The molecule has 0 amide bonds. The Bertz CT molecular complexity index is 481. The van der Waals surface area contributed by atoms with Gasteiger partial charge < -0.3 is 9.84 Å². The van der Waals surface area contributed by atoms with E-state index < -0.39 is 17.2 Å². The number of benzene rings is 1. The number of carboxylic acids is 1. The molecular weight excluding hydrogens is 303 g/mol. The van der Waals surface area contributed by atoms with E-state index in [9.17, 15) is 14.3 Å². The van der Waals surface area contributed by atoms with Gasteiger partial charge in [0.2, 0.25) is 0 Å². The van der Waals surface area contributed by atoms with Gasteiger partial charge in [-0.1, -0.05) is 28.8 Å². The third-order valence-electron chi connectivity index (χ3n) is 3.61. The average molecular weight is 317 g/mol. The monoisotopic (exact) mass is 316 g/mol. The largest absolute Gasteiger partial charge is 0.493 e. The summed E-state index contributed by atoms with van der Waals surface area (Å²) in [5.74, 6) is -1.40. The van der Waals surface area contributed by atoms with Gasteiger partial charge in [0.1, 0.15) is 0 Å². The Morgan fingerprint density at radius 3 is 2.56 bits per heavy atom. The molecule has 0 atom stereocenters. The summed E-state index contributed by atoms with van der Waals surface area (Å²) in [5.41, 5.74) is -0.610. The maximum Gasteiger partial charge on any atom is 0.314 e. The summed E-state index contributed by atoms with van der Waals surface area (Å²) in [6.07, 6.45) is 2.69. The van der Waals surface area contributed by atoms with Gasteiger partial charge in [-0.3, -0.25) is 4.79 Å². The fourth-order valence-electron chi connectivity index (χ4n) is 2.73. The van der Waals surface area contributed by atoms with Gasteiger partial charge in [0, 0.05) is 10.0 Å². The van der Waals surface area contributed by atoms with Crippen LogP contribution in [0.1, 0.15) is 31.2 Å². The molecule has 0 bridgehead atoms. The summed E-state index contributed by atoms with van der Waals surface area (Å²) in [6.45, 7) is 0. The van der Waals surface area contributed by atoms with Gasteiger partial charge in [0.15, 0.2) is 11.6 Å². The van der Waals surface area contributed by atoms with Crippen LogP contribution in [0.5, 0.6) is 5.75 Å². The van der Waals surface area contributed by atoms with Crippen LogP contribution in [0.4, 0.5) is 4.39 Å². The lowest BCUT2D eigenvalue weighted by molar-refractivity contribution is -0.143. The first-order chi connectivity index (χ1) is 8.53. The van der Waals surface area contributed by atoms with E-state index in [1.165, 1.54) is 19.2 Å². The Morgan fingerprint density at radius 1 is 1.44 bits per heavy atom. The predicted octanol–water partition coefficient (Wildman–Crippen LogP) is 3.49. The van der Waals surface area contributed by atoms with Gasteiger partial charge in [0.25, 0.3) is 0 Å². The van der Waals surface area contributed by atoms with Crippen LogP contribution in [0.3, 0.4) is 0 Å². The van der Waals surface area contributed by atoms with Gasteiger partial charge in [0.05, 0.1) is 12.5 Å². The number of ether oxygens (including phenoxy) is 1. The first-order valence-electron chi connectivity index (χ1n) is 5.79. The zero-order chi connectivity index (χ0) is 13.3. The fraction of sp³-hybridized carbons (Fsp3) is 0.462. The lowest BCUT2D eigenvalue weighted by Crippen LogP contribution is -2.33. The maximum absolute atomic E-state index is 13.8. The third-order valence-corrected chi connectivity index (χ3v) is 4.27. The van der Waals surface area contributed by atoms with E-state index in [4.69, 9.17) is 4.74 Å². The summed E-state index contributed by atoms with van der Waals surface area (Å²) in [4.78, 5) is 11.7. The first-order valence-corrected chi connectivity index (χ1v) is 6.58. The number of rotatable bonds is 3. The minimum atomic E-state index is -1.04. The van der Waals surface area contributed by atoms with Crippen LogP contribution in [0.25, 0.3) is 0 Å². The smallest absolute Gasteiger partial charge is 0.314 e. The van der Waals surface area contributed by atoms with E-state index >= 15 is 0 Å². The van der Waals surface area contributed by atoms with E-state index in [0.29, 0.717) is 22.9 Å². The Morgan fingerprint density at radius 2 is 2.06 bits per heavy atom. The van der Waals surface area contributed by atoms with E-state index in [0.717, 1.165) is 12.8 Å². The summed E-state index contributed by atoms with van der Waals surface area (Å²) < 4.78 is 19.4. The highest BCUT2D eigenvalue weighted by atomic mass is 79.9. The van der Waals surface area contributed by atoms with Crippen LogP contribution >= 0.6 is 15.9 Å². The van der Waals surface area contributed by atoms with Crippen molar-refractivity contribution < 1.29 is 19.0 Å². The molecule has 0 unspecified atom stereocenters. The van der Waals surface area contributed by atoms with E-state index in [1.807, 2.05) is 0 Å². The van der Waals surface area contributed by atoms with Crippen molar-refractivity contribution in [2.24, 2.45) is 0 Å². The molecule has 0 saturated heterocycles. The van der Waals surface area contributed by atoms with Crippen LogP contribution < -0.4 is 4.74 Å². The van der Waals surface area contributed by atoms with Gasteiger partial charge in [-0.05, 0) is 25.0 Å². The summed E-state index contributed by atoms with van der Waals surface area (Å²) >= 11 is 3.33. The second-order valence-corrected chi connectivity index (χ2v) is 5.39.